The minimum Gasteiger partial charge on any atom is -0.493 e. The molecule has 4 aliphatic carbocycles. The Labute approximate surface area is 229 Å². The quantitative estimate of drug-likeness (QED) is 0.348. The number of hydrogen-bond donors (Lipinski definition) is 2. The molecular formula is C33H48O5. The van der Waals surface area contributed by atoms with Crippen molar-refractivity contribution >= 4 is 11.8 Å². The number of unbranched alkanes of at least 4 members (excludes halogenated alkanes) is 3. The van der Waals surface area contributed by atoms with Gasteiger partial charge in [-0.25, -0.2) is 0 Å². The van der Waals surface area contributed by atoms with Crippen molar-refractivity contribution in [3.8, 4) is 5.75 Å². The number of ketones is 1. The van der Waals surface area contributed by atoms with Crippen molar-refractivity contribution in [3.05, 3.63) is 41.5 Å². The lowest BCUT2D eigenvalue weighted by Crippen LogP contribution is -2.47. The lowest BCUT2D eigenvalue weighted by atomic mass is 9.52. The van der Waals surface area contributed by atoms with Gasteiger partial charge in [0.25, 0.3) is 0 Å². The van der Waals surface area contributed by atoms with Gasteiger partial charge in [-0.1, -0.05) is 56.9 Å². The highest BCUT2D eigenvalue weighted by molar-refractivity contribution is 5.91. The number of carboxylic acid groups (broad SMARTS) is 1. The van der Waals surface area contributed by atoms with E-state index < -0.39 is 11.9 Å². The molecule has 0 aliphatic heterocycles. The molecule has 0 amide bonds. The first-order valence-electron chi connectivity index (χ1n) is 15.1. The van der Waals surface area contributed by atoms with Crippen LogP contribution in [0, 0.1) is 29.1 Å². The summed E-state index contributed by atoms with van der Waals surface area (Å²) in [6, 6.07) is 7.38. The third-order valence-electron chi connectivity index (χ3n) is 10.3. The van der Waals surface area contributed by atoms with Crippen molar-refractivity contribution < 1.29 is 24.5 Å². The molecule has 0 radical (unpaired) electrons. The molecule has 4 aliphatic rings. The van der Waals surface area contributed by atoms with Gasteiger partial charge in [-0.3, -0.25) is 9.59 Å². The lowest BCUT2D eigenvalue weighted by molar-refractivity contribution is -0.138. The number of aliphatic hydroxyl groups excluding tert-OH is 1. The van der Waals surface area contributed by atoms with Gasteiger partial charge in [-0.2, -0.15) is 0 Å². The molecule has 5 rings (SSSR count). The fourth-order valence-electron chi connectivity index (χ4n) is 7.97. The molecule has 0 aromatic heterocycles. The van der Waals surface area contributed by atoms with Crippen LogP contribution in [0.25, 0.3) is 0 Å². The zero-order chi connectivity index (χ0) is 27.3. The molecule has 38 heavy (non-hydrogen) atoms. The van der Waals surface area contributed by atoms with Crippen LogP contribution in [0.15, 0.2) is 35.9 Å². The first-order chi connectivity index (χ1) is 18.3. The molecule has 2 N–H and O–H groups in total. The molecule has 1 aromatic rings. The Morgan fingerprint density at radius 2 is 1.84 bits per heavy atom. The molecule has 0 bridgehead atoms. The summed E-state index contributed by atoms with van der Waals surface area (Å²) >= 11 is 0. The van der Waals surface area contributed by atoms with Crippen molar-refractivity contribution in [3.63, 3.8) is 0 Å². The summed E-state index contributed by atoms with van der Waals surface area (Å²) in [5.74, 6) is 2.72. The van der Waals surface area contributed by atoms with Gasteiger partial charge in [0.05, 0.1) is 18.6 Å². The second kappa shape index (κ2) is 12.8. The van der Waals surface area contributed by atoms with E-state index >= 15 is 0 Å². The SMILES string of the molecule is CCCCCCOc1ccccc1C(C)C(=O)O.C[C@]12CC[C@H]3[C@@H](CCC4=CC(=O)CC[C@@H]43)[C@@H]1CC[C@@H]2O. The topological polar surface area (TPSA) is 83.8 Å². The number of hydrogen-bond acceptors (Lipinski definition) is 4. The van der Waals surface area contributed by atoms with Crippen molar-refractivity contribution in [2.75, 3.05) is 6.61 Å². The van der Waals surface area contributed by atoms with Crippen LogP contribution < -0.4 is 4.74 Å². The molecule has 1 unspecified atom stereocenters. The van der Waals surface area contributed by atoms with Gasteiger partial charge in [-0.05, 0) is 99.5 Å². The van der Waals surface area contributed by atoms with Crippen LogP contribution in [0.5, 0.6) is 5.75 Å². The molecule has 5 heteroatoms. The number of para-hydroxylation sites is 1. The van der Waals surface area contributed by atoms with E-state index in [0.29, 0.717) is 24.1 Å². The Balaban J connectivity index is 0.000000179. The Morgan fingerprint density at radius 3 is 2.61 bits per heavy atom. The van der Waals surface area contributed by atoms with Gasteiger partial charge in [0.15, 0.2) is 5.78 Å². The number of allylic oxidation sites excluding steroid dienone is 1. The number of aliphatic carboxylic acids is 1. The molecule has 210 valence electrons. The fourth-order valence-corrected chi connectivity index (χ4v) is 7.97. The summed E-state index contributed by atoms with van der Waals surface area (Å²) in [7, 11) is 0. The first-order valence-corrected chi connectivity index (χ1v) is 15.1. The van der Waals surface area contributed by atoms with E-state index in [1.807, 2.05) is 30.3 Å². The summed E-state index contributed by atoms with van der Waals surface area (Å²) < 4.78 is 5.69. The average molecular weight is 525 g/mol. The molecule has 3 fully saturated rings. The van der Waals surface area contributed by atoms with Crippen LogP contribution >= 0.6 is 0 Å². The molecule has 0 heterocycles. The predicted molar refractivity (Wildman–Crippen MR) is 150 cm³/mol. The molecule has 1 aromatic carbocycles. The number of fused-ring (bicyclic) bond motifs is 5. The zero-order valence-electron chi connectivity index (χ0n) is 23.7. The largest absolute Gasteiger partial charge is 0.493 e. The van der Waals surface area contributed by atoms with Crippen LogP contribution in [0.4, 0.5) is 0 Å². The van der Waals surface area contributed by atoms with E-state index in [4.69, 9.17) is 9.84 Å². The number of carbonyl (C=O) groups excluding carboxylic acids is 1. The Hall–Kier alpha value is -2.14. The van der Waals surface area contributed by atoms with Crippen molar-refractivity contribution in [1.29, 1.82) is 0 Å². The standard InChI is InChI=1S/C18H26O2.C15H22O3/c1-18-9-8-14-13-5-3-12(19)10-11(13)2-4-15(14)16(18)6-7-17(18)20;1-3-4-5-8-11-18-14-10-7-6-9-13(14)12(2)15(16)17/h10,13-17,20H,2-9H2,1H3;6-7,9-10,12H,3-5,8,11H2,1-2H3,(H,16,17)/t13-,14+,15+,16-,17-,18-;/m0./s1. The van der Waals surface area contributed by atoms with Gasteiger partial charge >= 0.3 is 5.97 Å². The number of carboxylic acids is 1. The highest BCUT2D eigenvalue weighted by Crippen LogP contribution is 2.61. The third-order valence-corrected chi connectivity index (χ3v) is 10.3. The smallest absolute Gasteiger partial charge is 0.310 e. The highest BCUT2D eigenvalue weighted by Gasteiger charge is 2.55. The van der Waals surface area contributed by atoms with Gasteiger partial charge < -0.3 is 14.9 Å². The number of carbonyl (C=O) groups is 2. The minimum absolute atomic E-state index is 0.0710. The van der Waals surface area contributed by atoms with E-state index in [-0.39, 0.29) is 11.5 Å². The monoisotopic (exact) mass is 524 g/mol. The van der Waals surface area contributed by atoms with Gasteiger partial charge in [0.1, 0.15) is 5.75 Å². The van der Waals surface area contributed by atoms with E-state index in [9.17, 15) is 14.7 Å². The fraction of sp³-hybridized carbons (Fsp3) is 0.697. The second-order valence-corrected chi connectivity index (χ2v) is 12.4. The normalized spacial score (nSPS) is 32.6. The zero-order valence-corrected chi connectivity index (χ0v) is 23.7. The summed E-state index contributed by atoms with van der Waals surface area (Å²) in [5.41, 5.74) is 2.40. The van der Waals surface area contributed by atoms with Crippen molar-refractivity contribution in [2.45, 2.75) is 110 Å². The molecule has 5 nitrogen and oxygen atoms in total. The van der Waals surface area contributed by atoms with Gasteiger partial charge in [0.2, 0.25) is 0 Å². The van der Waals surface area contributed by atoms with Gasteiger partial charge in [-0.15, -0.1) is 0 Å². The van der Waals surface area contributed by atoms with Crippen molar-refractivity contribution in [1.82, 2.24) is 0 Å². The maximum atomic E-state index is 11.6. The van der Waals surface area contributed by atoms with E-state index in [0.717, 1.165) is 61.8 Å². The maximum Gasteiger partial charge on any atom is 0.310 e. The Kier molecular flexibility index (Phi) is 9.73. The Bertz CT molecular complexity index is 999. The van der Waals surface area contributed by atoms with E-state index in [1.165, 1.54) is 44.1 Å². The van der Waals surface area contributed by atoms with Crippen molar-refractivity contribution in [2.24, 2.45) is 29.1 Å². The second-order valence-electron chi connectivity index (χ2n) is 12.4. The molecule has 0 spiro atoms. The van der Waals surface area contributed by atoms with Crippen LogP contribution in [0.1, 0.15) is 109 Å². The van der Waals surface area contributed by atoms with E-state index in [2.05, 4.69) is 13.8 Å². The Morgan fingerprint density at radius 1 is 1.05 bits per heavy atom. The number of benzene rings is 1. The molecule has 7 atom stereocenters. The van der Waals surface area contributed by atoms with E-state index in [1.54, 1.807) is 6.92 Å². The third kappa shape index (κ3) is 6.19. The first kappa shape index (κ1) is 28.9. The lowest BCUT2D eigenvalue weighted by Gasteiger charge is -2.53. The van der Waals surface area contributed by atoms with Crippen LogP contribution in [-0.4, -0.2) is 34.7 Å². The number of ether oxygens (including phenoxy) is 1. The summed E-state index contributed by atoms with van der Waals surface area (Å²) in [6.07, 6.45) is 15.5. The average Bonchev–Trinajstić information content (AvgIpc) is 3.22. The maximum absolute atomic E-state index is 11.6. The summed E-state index contributed by atoms with van der Waals surface area (Å²) in [5, 5.41) is 19.4. The highest BCUT2D eigenvalue weighted by atomic mass is 16.5. The summed E-state index contributed by atoms with van der Waals surface area (Å²) in [6.45, 7) is 6.84. The number of rotatable bonds is 8. The van der Waals surface area contributed by atoms with Crippen LogP contribution in [0.3, 0.4) is 0 Å². The van der Waals surface area contributed by atoms with Crippen LogP contribution in [0.2, 0.25) is 0 Å². The molecule has 3 saturated carbocycles. The number of aliphatic hydroxyl groups is 1. The van der Waals surface area contributed by atoms with Gasteiger partial charge in [0, 0.05) is 12.0 Å². The molecule has 0 saturated heterocycles. The minimum atomic E-state index is -0.822. The molecular weight excluding hydrogens is 476 g/mol. The predicted octanol–water partition coefficient (Wildman–Crippen LogP) is 7.32. The summed E-state index contributed by atoms with van der Waals surface area (Å²) in [4.78, 5) is 22.7. The van der Waals surface area contributed by atoms with Crippen LogP contribution in [-0.2, 0) is 9.59 Å².